The fourth-order valence-electron chi connectivity index (χ4n) is 3.25. The molecular formula is C25H17N3O3. The van der Waals surface area contributed by atoms with Crippen molar-refractivity contribution in [1.29, 1.82) is 5.26 Å². The SMILES string of the molecule is N#Cc1nc2ccc(COc3ccc(OCc4ccc5ccccc5n4)cc3)cc2o1. The van der Waals surface area contributed by atoms with Crippen molar-refractivity contribution in [3.05, 3.63) is 96.0 Å². The van der Waals surface area contributed by atoms with E-state index < -0.39 is 0 Å². The molecule has 5 rings (SSSR count). The quantitative estimate of drug-likeness (QED) is 0.375. The number of nitrogens with zero attached hydrogens (tertiary/aromatic N) is 3. The molecule has 0 atom stereocenters. The van der Waals surface area contributed by atoms with Crippen LogP contribution in [0.1, 0.15) is 17.1 Å². The van der Waals surface area contributed by atoms with Crippen LogP contribution in [0, 0.1) is 11.3 Å². The molecule has 2 heterocycles. The monoisotopic (exact) mass is 407 g/mol. The van der Waals surface area contributed by atoms with Crippen LogP contribution < -0.4 is 9.47 Å². The molecule has 0 bridgehead atoms. The number of fused-ring (bicyclic) bond motifs is 2. The molecule has 0 amide bonds. The topological polar surface area (TPSA) is 81.2 Å². The molecule has 0 aliphatic rings. The third kappa shape index (κ3) is 4.16. The van der Waals surface area contributed by atoms with Gasteiger partial charge in [-0.05, 0) is 54.1 Å². The molecule has 0 aliphatic carbocycles. The van der Waals surface area contributed by atoms with Crippen LogP contribution in [0.5, 0.6) is 11.5 Å². The molecule has 6 heteroatoms. The number of hydrogen-bond donors (Lipinski definition) is 0. The normalized spacial score (nSPS) is 10.8. The van der Waals surface area contributed by atoms with Crippen molar-refractivity contribution < 1.29 is 13.9 Å². The fourth-order valence-corrected chi connectivity index (χ4v) is 3.25. The molecule has 0 unspecified atom stereocenters. The van der Waals surface area contributed by atoms with Crippen LogP contribution in [-0.2, 0) is 13.2 Å². The third-order valence-electron chi connectivity index (χ3n) is 4.82. The van der Waals surface area contributed by atoms with Crippen molar-refractivity contribution in [3.8, 4) is 17.6 Å². The summed E-state index contributed by atoms with van der Waals surface area (Å²) in [6, 6.07) is 27.0. The highest BCUT2D eigenvalue weighted by molar-refractivity contribution is 5.78. The largest absolute Gasteiger partial charge is 0.489 e. The van der Waals surface area contributed by atoms with Gasteiger partial charge in [-0.15, -0.1) is 0 Å². The first kappa shape index (κ1) is 18.6. The Morgan fingerprint density at radius 1 is 0.774 bits per heavy atom. The van der Waals surface area contributed by atoms with Gasteiger partial charge in [0.05, 0.1) is 11.2 Å². The Balaban J connectivity index is 1.19. The lowest BCUT2D eigenvalue weighted by molar-refractivity contribution is 0.295. The second-order valence-electron chi connectivity index (χ2n) is 6.98. The number of oxazole rings is 1. The van der Waals surface area contributed by atoms with Crippen molar-refractivity contribution in [3.63, 3.8) is 0 Å². The maximum absolute atomic E-state index is 8.88. The molecule has 0 aliphatic heterocycles. The molecular weight excluding hydrogens is 390 g/mol. The highest BCUT2D eigenvalue weighted by atomic mass is 16.5. The first-order valence-corrected chi connectivity index (χ1v) is 9.77. The Morgan fingerprint density at radius 2 is 1.55 bits per heavy atom. The summed E-state index contributed by atoms with van der Waals surface area (Å²) in [7, 11) is 0. The van der Waals surface area contributed by atoms with E-state index >= 15 is 0 Å². The number of para-hydroxylation sites is 1. The smallest absolute Gasteiger partial charge is 0.301 e. The molecule has 150 valence electrons. The van der Waals surface area contributed by atoms with Gasteiger partial charge < -0.3 is 13.9 Å². The molecule has 31 heavy (non-hydrogen) atoms. The number of ether oxygens (including phenoxy) is 2. The Morgan fingerprint density at radius 3 is 2.35 bits per heavy atom. The van der Waals surface area contributed by atoms with Crippen molar-refractivity contribution in [2.24, 2.45) is 0 Å². The van der Waals surface area contributed by atoms with E-state index in [2.05, 4.69) is 16.0 Å². The first-order valence-electron chi connectivity index (χ1n) is 9.77. The number of rotatable bonds is 6. The lowest BCUT2D eigenvalue weighted by atomic mass is 10.2. The Hall–Kier alpha value is -4.37. The second-order valence-corrected chi connectivity index (χ2v) is 6.98. The average Bonchev–Trinajstić information content (AvgIpc) is 3.24. The first-order chi connectivity index (χ1) is 15.3. The molecule has 0 saturated heterocycles. The van der Waals surface area contributed by atoms with E-state index in [9.17, 15) is 0 Å². The van der Waals surface area contributed by atoms with Crippen LogP contribution in [0.4, 0.5) is 0 Å². The van der Waals surface area contributed by atoms with Crippen LogP contribution >= 0.6 is 0 Å². The Kier molecular flexibility index (Phi) is 4.91. The maximum atomic E-state index is 8.88. The van der Waals surface area contributed by atoms with E-state index in [0.29, 0.717) is 24.3 Å². The van der Waals surface area contributed by atoms with E-state index in [-0.39, 0.29) is 5.89 Å². The zero-order valence-electron chi connectivity index (χ0n) is 16.5. The highest BCUT2D eigenvalue weighted by Crippen LogP contribution is 2.22. The summed E-state index contributed by atoms with van der Waals surface area (Å²) < 4.78 is 17.1. The van der Waals surface area contributed by atoms with Gasteiger partial charge in [0.2, 0.25) is 0 Å². The molecule has 2 aromatic heterocycles. The molecule has 0 spiro atoms. The molecule has 3 aromatic carbocycles. The van der Waals surface area contributed by atoms with Gasteiger partial charge in [0.15, 0.2) is 11.7 Å². The van der Waals surface area contributed by atoms with E-state index in [4.69, 9.17) is 19.2 Å². The lowest BCUT2D eigenvalue weighted by Crippen LogP contribution is -1.99. The number of nitriles is 1. The number of benzene rings is 3. The average molecular weight is 407 g/mol. The summed E-state index contributed by atoms with van der Waals surface area (Å²) >= 11 is 0. The summed E-state index contributed by atoms with van der Waals surface area (Å²) in [6.07, 6.45) is 0. The van der Waals surface area contributed by atoms with Crippen molar-refractivity contribution in [2.75, 3.05) is 0 Å². The van der Waals surface area contributed by atoms with Crippen LogP contribution in [-0.4, -0.2) is 9.97 Å². The minimum atomic E-state index is 0.0579. The van der Waals surface area contributed by atoms with Crippen molar-refractivity contribution in [1.82, 2.24) is 9.97 Å². The van der Waals surface area contributed by atoms with E-state index in [1.165, 1.54) is 0 Å². The summed E-state index contributed by atoms with van der Waals surface area (Å²) in [5.41, 5.74) is 3.99. The van der Waals surface area contributed by atoms with Crippen LogP contribution in [0.3, 0.4) is 0 Å². The predicted octanol–water partition coefficient (Wildman–Crippen LogP) is 5.41. The van der Waals surface area contributed by atoms with E-state index in [1.807, 2.05) is 78.9 Å². The number of hydrogen-bond acceptors (Lipinski definition) is 6. The van der Waals surface area contributed by atoms with Gasteiger partial charge in [0, 0.05) is 5.39 Å². The molecule has 0 fully saturated rings. The molecule has 0 radical (unpaired) electrons. The Labute approximate surface area is 178 Å². The van der Waals surface area contributed by atoms with E-state index in [1.54, 1.807) is 0 Å². The lowest BCUT2D eigenvalue weighted by Gasteiger charge is -2.09. The van der Waals surface area contributed by atoms with Gasteiger partial charge in [-0.25, -0.2) is 4.98 Å². The standard InChI is InChI=1S/C25H17N3O3/c26-14-25-28-23-12-5-17(13-24(23)31-25)15-29-20-8-10-21(11-9-20)30-16-19-7-6-18-3-1-2-4-22(18)27-19/h1-13H,15-16H2. The fraction of sp³-hybridized carbons (Fsp3) is 0.0800. The minimum absolute atomic E-state index is 0.0579. The molecule has 5 aromatic rings. The van der Waals surface area contributed by atoms with Gasteiger partial charge in [0.1, 0.15) is 30.2 Å². The third-order valence-corrected chi connectivity index (χ3v) is 4.82. The molecule has 0 saturated carbocycles. The van der Waals surface area contributed by atoms with Gasteiger partial charge >= 0.3 is 5.89 Å². The predicted molar refractivity (Wildman–Crippen MR) is 116 cm³/mol. The molecule has 6 nitrogen and oxygen atoms in total. The zero-order valence-corrected chi connectivity index (χ0v) is 16.5. The zero-order chi connectivity index (χ0) is 21.0. The van der Waals surface area contributed by atoms with Crippen molar-refractivity contribution >= 4 is 22.0 Å². The summed E-state index contributed by atoms with van der Waals surface area (Å²) in [5.74, 6) is 1.53. The number of pyridine rings is 1. The van der Waals surface area contributed by atoms with Gasteiger partial charge in [-0.3, -0.25) is 0 Å². The van der Waals surface area contributed by atoms with Gasteiger partial charge in [0.25, 0.3) is 0 Å². The molecule has 0 N–H and O–H groups in total. The summed E-state index contributed by atoms with van der Waals surface area (Å²) in [6.45, 7) is 0.770. The van der Waals surface area contributed by atoms with E-state index in [0.717, 1.165) is 33.7 Å². The summed E-state index contributed by atoms with van der Waals surface area (Å²) in [5, 5.41) is 9.99. The van der Waals surface area contributed by atoms with Gasteiger partial charge in [-0.1, -0.05) is 30.3 Å². The van der Waals surface area contributed by atoms with Crippen molar-refractivity contribution in [2.45, 2.75) is 13.2 Å². The van der Waals surface area contributed by atoms with Crippen LogP contribution in [0.25, 0.3) is 22.0 Å². The number of aromatic nitrogens is 2. The minimum Gasteiger partial charge on any atom is -0.489 e. The Bertz CT molecular complexity index is 1400. The highest BCUT2D eigenvalue weighted by Gasteiger charge is 2.06. The maximum Gasteiger partial charge on any atom is 0.301 e. The van der Waals surface area contributed by atoms with Gasteiger partial charge in [-0.2, -0.15) is 10.2 Å². The van der Waals surface area contributed by atoms with Crippen LogP contribution in [0.2, 0.25) is 0 Å². The second kappa shape index (κ2) is 8.17. The van der Waals surface area contributed by atoms with Crippen LogP contribution in [0.15, 0.2) is 83.3 Å². The summed E-state index contributed by atoms with van der Waals surface area (Å²) in [4.78, 5) is 8.69.